The average Bonchev–Trinajstić information content (AvgIpc) is 2.94. The molecule has 0 aromatic heterocycles. The lowest BCUT2D eigenvalue weighted by molar-refractivity contribution is -0.139. The fourth-order valence-electron chi connectivity index (χ4n) is 2.01. The molecule has 0 bridgehead atoms. The lowest BCUT2D eigenvalue weighted by Crippen LogP contribution is -2.45. The number of rotatable bonds is 2. The Hall–Kier alpha value is -1.57. The van der Waals surface area contributed by atoms with Gasteiger partial charge in [-0.1, -0.05) is 0 Å². The Kier molecular flexibility index (Phi) is 2.58. The smallest absolute Gasteiger partial charge is 0.255 e. The van der Waals surface area contributed by atoms with Crippen LogP contribution in [0.2, 0.25) is 0 Å². The van der Waals surface area contributed by atoms with Crippen molar-refractivity contribution < 1.29 is 9.59 Å². The molecule has 2 fully saturated rings. The van der Waals surface area contributed by atoms with E-state index in [1.54, 1.807) is 11.1 Å². The van der Waals surface area contributed by atoms with Gasteiger partial charge in [-0.2, -0.15) is 5.26 Å². The summed E-state index contributed by atoms with van der Waals surface area (Å²) in [6.07, 6.45) is 5.03. The van der Waals surface area contributed by atoms with Crippen LogP contribution in [-0.4, -0.2) is 29.3 Å². The first kappa shape index (κ1) is 9.97. The molecule has 1 atom stereocenters. The van der Waals surface area contributed by atoms with Gasteiger partial charge in [-0.05, 0) is 25.7 Å². The Morgan fingerprint density at radius 3 is 2.67 bits per heavy atom. The van der Waals surface area contributed by atoms with Gasteiger partial charge in [-0.15, -0.1) is 0 Å². The van der Waals surface area contributed by atoms with Gasteiger partial charge in [0.15, 0.2) is 6.19 Å². The molecule has 1 N–H and O–H groups in total. The minimum Gasteiger partial charge on any atom is -0.330 e. The van der Waals surface area contributed by atoms with E-state index in [-0.39, 0.29) is 17.7 Å². The maximum Gasteiger partial charge on any atom is 0.255 e. The molecule has 0 spiro atoms. The predicted octanol–water partition coefficient (Wildman–Crippen LogP) is -0.0153. The highest BCUT2D eigenvalue weighted by Gasteiger charge is 2.40. The van der Waals surface area contributed by atoms with Crippen molar-refractivity contribution in [3.63, 3.8) is 0 Å². The van der Waals surface area contributed by atoms with Crippen molar-refractivity contribution in [3.05, 3.63) is 0 Å². The Labute approximate surface area is 88.0 Å². The molecule has 2 aliphatic rings. The number of nitriles is 1. The molecule has 0 aromatic rings. The normalized spacial score (nSPS) is 24.7. The summed E-state index contributed by atoms with van der Waals surface area (Å²) in [6.45, 7) is 0.652. The molecule has 1 aliphatic heterocycles. The van der Waals surface area contributed by atoms with Gasteiger partial charge >= 0.3 is 0 Å². The molecule has 5 nitrogen and oxygen atoms in total. The quantitative estimate of drug-likeness (QED) is 0.511. The van der Waals surface area contributed by atoms with E-state index in [1.807, 2.05) is 0 Å². The molecule has 1 aliphatic carbocycles. The number of amides is 2. The zero-order chi connectivity index (χ0) is 10.8. The number of carbonyl (C=O) groups is 2. The van der Waals surface area contributed by atoms with Crippen molar-refractivity contribution in [1.29, 1.82) is 5.26 Å². The van der Waals surface area contributed by atoms with Gasteiger partial charge in [-0.25, -0.2) is 0 Å². The van der Waals surface area contributed by atoms with Gasteiger partial charge in [0.1, 0.15) is 6.04 Å². The van der Waals surface area contributed by atoms with Gasteiger partial charge in [0.2, 0.25) is 5.91 Å². The number of nitrogens with zero attached hydrogens (tertiary/aromatic N) is 2. The average molecular weight is 207 g/mol. The second-order valence-electron chi connectivity index (χ2n) is 4.06. The van der Waals surface area contributed by atoms with E-state index in [0.29, 0.717) is 13.0 Å². The molecule has 1 unspecified atom stereocenters. The first-order chi connectivity index (χ1) is 7.24. The van der Waals surface area contributed by atoms with Gasteiger partial charge < -0.3 is 4.90 Å². The van der Waals surface area contributed by atoms with Crippen LogP contribution in [0.25, 0.3) is 0 Å². The van der Waals surface area contributed by atoms with Crippen LogP contribution in [0.15, 0.2) is 0 Å². The van der Waals surface area contributed by atoms with Gasteiger partial charge in [-0.3, -0.25) is 14.9 Å². The lowest BCUT2D eigenvalue weighted by atomic mass is 10.2. The summed E-state index contributed by atoms with van der Waals surface area (Å²) in [7, 11) is 0. The molecule has 2 rings (SSSR count). The van der Waals surface area contributed by atoms with Crippen LogP contribution < -0.4 is 5.32 Å². The maximum atomic E-state index is 11.8. The van der Waals surface area contributed by atoms with Gasteiger partial charge in [0, 0.05) is 12.5 Å². The topological polar surface area (TPSA) is 73.2 Å². The van der Waals surface area contributed by atoms with Crippen LogP contribution in [0.1, 0.15) is 25.7 Å². The van der Waals surface area contributed by atoms with E-state index in [2.05, 4.69) is 5.32 Å². The van der Waals surface area contributed by atoms with Crippen LogP contribution in [0.5, 0.6) is 0 Å². The molecule has 0 radical (unpaired) electrons. The maximum absolute atomic E-state index is 11.8. The van der Waals surface area contributed by atoms with Crippen molar-refractivity contribution >= 4 is 11.8 Å². The molecule has 80 valence electrons. The van der Waals surface area contributed by atoms with E-state index in [0.717, 1.165) is 19.3 Å². The van der Waals surface area contributed by atoms with Crippen LogP contribution >= 0.6 is 0 Å². The van der Waals surface area contributed by atoms with Gasteiger partial charge in [0.25, 0.3) is 5.91 Å². The minimum atomic E-state index is -0.419. The summed E-state index contributed by atoms with van der Waals surface area (Å²) in [5.41, 5.74) is 0. The number of nitrogens with one attached hydrogen (secondary N) is 1. The molecule has 15 heavy (non-hydrogen) atoms. The second-order valence-corrected chi connectivity index (χ2v) is 4.06. The van der Waals surface area contributed by atoms with Crippen LogP contribution in [-0.2, 0) is 9.59 Å². The number of hydrogen-bond acceptors (Lipinski definition) is 3. The molecule has 1 saturated carbocycles. The molecule has 0 aromatic carbocycles. The summed E-state index contributed by atoms with van der Waals surface area (Å²) in [5, 5.41) is 10.5. The van der Waals surface area contributed by atoms with Gasteiger partial charge in [0.05, 0.1) is 0 Å². The molecular formula is C10H13N3O2. The van der Waals surface area contributed by atoms with Crippen molar-refractivity contribution in [3.8, 4) is 6.19 Å². The number of hydrogen-bond donors (Lipinski definition) is 1. The summed E-state index contributed by atoms with van der Waals surface area (Å²) >= 11 is 0. The summed E-state index contributed by atoms with van der Waals surface area (Å²) < 4.78 is 0. The van der Waals surface area contributed by atoms with Crippen molar-refractivity contribution in [2.75, 3.05) is 6.54 Å². The molecular weight excluding hydrogens is 194 g/mol. The predicted molar refractivity (Wildman–Crippen MR) is 51.2 cm³/mol. The highest BCUT2D eigenvalue weighted by atomic mass is 16.2. The standard InChI is InChI=1S/C10H13N3O2/c11-6-12-9(14)8-2-1-5-13(8)10(15)7-3-4-7/h7-8H,1-5H2,(H,12,14). The third-order valence-electron chi connectivity index (χ3n) is 2.94. The largest absolute Gasteiger partial charge is 0.330 e. The summed E-state index contributed by atoms with van der Waals surface area (Å²) in [6, 6.07) is -0.419. The van der Waals surface area contributed by atoms with E-state index in [4.69, 9.17) is 5.26 Å². The Bertz CT molecular complexity index is 330. The van der Waals surface area contributed by atoms with E-state index >= 15 is 0 Å². The first-order valence-corrected chi connectivity index (χ1v) is 5.23. The van der Waals surface area contributed by atoms with Crippen LogP contribution in [0, 0.1) is 17.4 Å². The minimum absolute atomic E-state index is 0.0885. The van der Waals surface area contributed by atoms with E-state index in [1.165, 1.54) is 0 Å². The monoisotopic (exact) mass is 207 g/mol. The zero-order valence-corrected chi connectivity index (χ0v) is 8.40. The zero-order valence-electron chi connectivity index (χ0n) is 8.40. The third kappa shape index (κ3) is 1.94. The fraction of sp³-hybridized carbons (Fsp3) is 0.700. The Morgan fingerprint density at radius 1 is 1.33 bits per heavy atom. The summed E-state index contributed by atoms with van der Waals surface area (Å²) in [4.78, 5) is 24.9. The van der Waals surface area contributed by atoms with Crippen LogP contribution in [0.4, 0.5) is 0 Å². The molecule has 1 heterocycles. The number of carbonyl (C=O) groups excluding carboxylic acids is 2. The van der Waals surface area contributed by atoms with Crippen molar-refractivity contribution in [1.82, 2.24) is 10.2 Å². The lowest BCUT2D eigenvalue weighted by Gasteiger charge is -2.22. The van der Waals surface area contributed by atoms with E-state index in [9.17, 15) is 9.59 Å². The highest BCUT2D eigenvalue weighted by molar-refractivity contribution is 5.90. The highest BCUT2D eigenvalue weighted by Crippen LogP contribution is 2.33. The SMILES string of the molecule is N#CNC(=O)C1CCCN1C(=O)C1CC1. The Morgan fingerprint density at radius 2 is 2.07 bits per heavy atom. The van der Waals surface area contributed by atoms with Crippen LogP contribution in [0.3, 0.4) is 0 Å². The molecule has 5 heteroatoms. The first-order valence-electron chi connectivity index (χ1n) is 5.23. The second kappa shape index (κ2) is 3.89. The summed E-state index contributed by atoms with van der Waals surface area (Å²) in [5.74, 6) is -0.116. The van der Waals surface area contributed by atoms with E-state index < -0.39 is 6.04 Å². The Balaban J connectivity index is 2.01. The van der Waals surface area contributed by atoms with Crippen molar-refractivity contribution in [2.24, 2.45) is 5.92 Å². The van der Waals surface area contributed by atoms with Crippen molar-refractivity contribution in [2.45, 2.75) is 31.7 Å². The molecule has 2 amide bonds. The molecule has 1 saturated heterocycles. The fourth-order valence-corrected chi connectivity index (χ4v) is 2.01. The third-order valence-corrected chi connectivity index (χ3v) is 2.94. The number of likely N-dealkylation sites (tertiary alicyclic amines) is 1.